The second kappa shape index (κ2) is 8.50. The number of aromatic nitrogens is 1. The molecule has 1 aliphatic heterocycles. The first-order valence-corrected chi connectivity index (χ1v) is 9.15. The molecule has 1 atom stereocenters. The fraction of sp³-hybridized carbons (Fsp3) is 0.250. The van der Waals surface area contributed by atoms with Crippen LogP contribution in [0.1, 0.15) is 27.2 Å². The maximum atomic E-state index is 13.5. The first-order chi connectivity index (χ1) is 13.5. The van der Waals surface area contributed by atoms with E-state index in [0.29, 0.717) is 35.0 Å². The summed E-state index contributed by atoms with van der Waals surface area (Å²) in [5.74, 6) is -0.504. The zero-order chi connectivity index (χ0) is 20.3. The van der Waals surface area contributed by atoms with Crippen molar-refractivity contribution in [3.63, 3.8) is 0 Å². The molecule has 0 aliphatic carbocycles. The summed E-state index contributed by atoms with van der Waals surface area (Å²) in [5.41, 5.74) is 14.5. The predicted octanol–water partition coefficient (Wildman–Crippen LogP) is 2.20. The number of aliphatic imine (C=N–C) groups is 1. The summed E-state index contributed by atoms with van der Waals surface area (Å²) in [4.78, 5) is 23.0. The van der Waals surface area contributed by atoms with Crippen molar-refractivity contribution < 1.29 is 9.18 Å². The minimum absolute atomic E-state index is 0.191. The van der Waals surface area contributed by atoms with Crippen molar-refractivity contribution in [2.75, 3.05) is 13.6 Å². The standard InChI is InChI=1S/C20H21ClFN5O/c1-25-18(17(21)9-24)13-7-14-11-27(20(28)19(14)26-10-13)16(8-23)6-12-3-2-4-15(22)5-12/h2-5,7,9-10,16H,6,8,11,23-24H2,1H3/b17-9+,25-18?. The number of benzene rings is 1. The fourth-order valence-electron chi connectivity index (χ4n) is 3.35. The molecule has 0 saturated heterocycles. The minimum Gasteiger partial charge on any atom is -0.403 e. The van der Waals surface area contributed by atoms with Crippen LogP contribution in [0, 0.1) is 5.82 Å². The zero-order valence-electron chi connectivity index (χ0n) is 15.4. The lowest BCUT2D eigenvalue weighted by Crippen LogP contribution is -2.42. The second-order valence-electron chi connectivity index (χ2n) is 6.48. The first kappa shape index (κ1) is 20.0. The van der Waals surface area contributed by atoms with Crippen LogP contribution in [0.4, 0.5) is 4.39 Å². The number of nitrogens with two attached hydrogens (primary N) is 2. The van der Waals surface area contributed by atoms with Crippen molar-refractivity contribution in [2.45, 2.75) is 19.0 Å². The molecule has 4 N–H and O–H groups in total. The van der Waals surface area contributed by atoms with Gasteiger partial charge in [-0.2, -0.15) is 0 Å². The molecule has 146 valence electrons. The summed E-state index contributed by atoms with van der Waals surface area (Å²) >= 11 is 6.10. The molecule has 1 aromatic carbocycles. The van der Waals surface area contributed by atoms with E-state index in [1.54, 1.807) is 24.2 Å². The predicted molar refractivity (Wildman–Crippen MR) is 108 cm³/mol. The van der Waals surface area contributed by atoms with Crippen molar-refractivity contribution in [2.24, 2.45) is 16.5 Å². The summed E-state index contributed by atoms with van der Waals surface area (Å²) in [5, 5.41) is 0.302. The highest BCUT2D eigenvalue weighted by atomic mass is 35.5. The summed E-state index contributed by atoms with van der Waals surface area (Å²) in [6.07, 6.45) is 3.28. The van der Waals surface area contributed by atoms with Crippen LogP contribution in [0.3, 0.4) is 0 Å². The number of fused-ring (bicyclic) bond motifs is 1. The van der Waals surface area contributed by atoms with E-state index in [2.05, 4.69) is 9.98 Å². The highest BCUT2D eigenvalue weighted by Gasteiger charge is 2.34. The number of nitrogens with zero attached hydrogens (tertiary/aromatic N) is 3. The number of rotatable bonds is 6. The van der Waals surface area contributed by atoms with Crippen molar-refractivity contribution >= 4 is 23.2 Å². The Balaban J connectivity index is 1.86. The number of pyridine rings is 1. The van der Waals surface area contributed by atoms with Gasteiger partial charge in [-0.1, -0.05) is 23.7 Å². The van der Waals surface area contributed by atoms with Crippen molar-refractivity contribution in [3.8, 4) is 0 Å². The molecule has 8 heteroatoms. The number of halogens is 2. The maximum absolute atomic E-state index is 13.5. The largest absolute Gasteiger partial charge is 0.403 e. The molecular weight excluding hydrogens is 381 g/mol. The molecule has 6 nitrogen and oxygen atoms in total. The van der Waals surface area contributed by atoms with E-state index in [-0.39, 0.29) is 24.3 Å². The van der Waals surface area contributed by atoms with Gasteiger partial charge in [0.1, 0.15) is 11.5 Å². The zero-order valence-corrected chi connectivity index (χ0v) is 16.2. The smallest absolute Gasteiger partial charge is 0.273 e. The monoisotopic (exact) mass is 401 g/mol. The highest BCUT2D eigenvalue weighted by Crippen LogP contribution is 2.26. The van der Waals surface area contributed by atoms with Crippen LogP contribution in [0.25, 0.3) is 0 Å². The molecule has 1 aromatic heterocycles. The van der Waals surface area contributed by atoms with E-state index in [1.165, 1.54) is 18.3 Å². The molecule has 1 aliphatic rings. The van der Waals surface area contributed by atoms with Crippen LogP contribution in [-0.4, -0.2) is 41.1 Å². The molecular formula is C20H21ClFN5O. The van der Waals surface area contributed by atoms with E-state index >= 15 is 0 Å². The van der Waals surface area contributed by atoms with E-state index < -0.39 is 0 Å². The van der Waals surface area contributed by atoms with Crippen LogP contribution in [0.5, 0.6) is 0 Å². The van der Waals surface area contributed by atoms with Gasteiger partial charge in [0.2, 0.25) is 0 Å². The van der Waals surface area contributed by atoms with Crippen molar-refractivity contribution in [1.82, 2.24) is 9.88 Å². The molecule has 1 unspecified atom stereocenters. The van der Waals surface area contributed by atoms with Gasteiger partial charge in [0.15, 0.2) is 0 Å². The maximum Gasteiger partial charge on any atom is 0.273 e. The average molecular weight is 402 g/mol. The summed E-state index contributed by atoms with van der Waals surface area (Å²) in [6.45, 7) is 0.625. The van der Waals surface area contributed by atoms with Gasteiger partial charge in [-0.05, 0) is 30.2 Å². The van der Waals surface area contributed by atoms with Gasteiger partial charge in [0, 0.05) is 49.7 Å². The summed E-state index contributed by atoms with van der Waals surface area (Å²) in [7, 11) is 1.61. The Morgan fingerprint density at radius 1 is 1.46 bits per heavy atom. The van der Waals surface area contributed by atoms with Crippen molar-refractivity contribution in [1.29, 1.82) is 0 Å². The van der Waals surface area contributed by atoms with Gasteiger partial charge in [0.05, 0.1) is 10.7 Å². The molecule has 0 saturated carbocycles. The number of amides is 1. The van der Waals surface area contributed by atoms with E-state index in [9.17, 15) is 9.18 Å². The fourth-order valence-corrected chi connectivity index (χ4v) is 3.54. The van der Waals surface area contributed by atoms with Gasteiger partial charge in [-0.15, -0.1) is 0 Å². The molecule has 2 heterocycles. The Morgan fingerprint density at radius 2 is 2.25 bits per heavy atom. The third-order valence-corrected chi connectivity index (χ3v) is 5.02. The van der Waals surface area contributed by atoms with Gasteiger partial charge in [-0.25, -0.2) is 4.39 Å². The molecule has 1 amide bonds. The van der Waals surface area contributed by atoms with Crippen LogP contribution in [0.2, 0.25) is 0 Å². The van der Waals surface area contributed by atoms with E-state index in [0.717, 1.165) is 11.1 Å². The molecule has 0 bridgehead atoms. The third-order valence-electron chi connectivity index (χ3n) is 4.71. The Kier molecular flexibility index (Phi) is 6.06. The Bertz CT molecular complexity index is 959. The summed E-state index contributed by atoms with van der Waals surface area (Å²) in [6, 6.07) is 7.88. The highest BCUT2D eigenvalue weighted by molar-refractivity contribution is 6.46. The SMILES string of the molecule is CN=C(/C(Cl)=C\N)c1cnc2c(c1)CN(C(CN)Cc1cccc(F)c1)C2=O. The molecule has 28 heavy (non-hydrogen) atoms. The van der Waals surface area contributed by atoms with E-state index in [4.69, 9.17) is 23.1 Å². The first-order valence-electron chi connectivity index (χ1n) is 8.77. The molecule has 0 fully saturated rings. The quantitative estimate of drug-likeness (QED) is 0.725. The lowest BCUT2D eigenvalue weighted by Gasteiger charge is -2.26. The van der Waals surface area contributed by atoms with Gasteiger partial charge >= 0.3 is 0 Å². The molecule has 2 aromatic rings. The molecule has 3 rings (SSSR count). The minimum atomic E-state index is -0.313. The van der Waals surface area contributed by atoms with Crippen LogP contribution >= 0.6 is 11.6 Å². The molecule has 0 radical (unpaired) electrons. The van der Waals surface area contributed by atoms with E-state index in [1.807, 2.05) is 12.1 Å². The lowest BCUT2D eigenvalue weighted by atomic mass is 10.0. The Hall–Kier alpha value is -2.77. The Labute approximate surface area is 167 Å². The number of hydrogen-bond donors (Lipinski definition) is 2. The van der Waals surface area contributed by atoms with Gasteiger partial charge in [0.25, 0.3) is 5.91 Å². The average Bonchev–Trinajstić information content (AvgIpc) is 3.02. The topological polar surface area (TPSA) is 97.6 Å². The number of carbonyl (C=O) groups excluding carboxylic acids is 1. The summed E-state index contributed by atoms with van der Waals surface area (Å²) < 4.78 is 13.5. The number of carbonyl (C=O) groups is 1. The normalized spacial score (nSPS) is 15.7. The second-order valence-corrected chi connectivity index (χ2v) is 6.88. The van der Waals surface area contributed by atoms with Crippen molar-refractivity contribution in [3.05, 3.63) is 76.0 Å². The lowest BCUT2D eigenvalue weighted by molar-refractivity contribution is 0.0704. The number of allylic oxidation sites excluding steroid dienone is 1. The van der Waals surface area contributed by atoms with Crippen LogP contribution in [0.15, 0.2) is 52.8 Å². The molecule has 0 spiro atoms. The van der Waals surface area contributed by atoms with Crippen LogP contribution < -0.4 is 11.5 Å². The van der Waals surface area contributed by atoms with Gasteiger partial charge < -0.3 is 16.4 Å². The third kappa shape index (κ3) is 3.90. The Morgan fingerprint density at radius 3 is 2.89 bits per heavy atom. The van der Waals surface area contributed by atoms with Gasteiger partial charge in [-0.3, -0.25) is 14.8 Å². The number of hydrogen-bond acceptors (Lipinski definition) is 5. The van der Waals surface area contributed by atoms with Crippen LogP contribution in [-0.2, 0) is 13.0 Å².